The van der Waals surface area contributed by atoms with Gasteiger partial charge in [0.15, 0.2) is 0 Å². The number of anilines is 1. The van der Waals surface area contributed by atoms with Crippen LogP contribution in [0.3, 0.4) is 0 Å². The molecule has 154 valence electrons. The fourth-order valence-corrected chi connectivity index (χ4v) is 3.59. The van der Waals surface area contributed by atoms with Crippen molar-refractivity contribution in [1.29, 1.82) is 0 Å². The number of alkyl halides is 3. The predicted molar refractivity (Wildman–Crippen MR) is 98.5 cm³/mol. The maximum Gasteiger partial charge on any atom is 0.416 e. The van der Waals surface area contributed by atoms with Crippen molar-refractivity contribution >= 4 is 11.8 Å². The molecule has 1 aromatic heterocycles. The van der Waals surface area contributed by atoms with Crippen LogP contribution >= 0.6 is 0 Å². The molecule has 0 spiro atoms. The highest BCUT2D eigenvalue weighted by molar-refractivity contribution is 5.94. The van der Waals surface area contributed by atoms with Crippen molar-refractivity contribution in [3.8, 4) is 0 Å². The summed E-state index contributed by atoms with van der Waals surface area (Å²) in [6.45, 7) is 1.47. The van der Waals surface area contributed by atoms with Gasteiger partial charge in [-0.25, -0.2) is 9.59 Å². The number of nitrogens with zero attached hydrogens (tertiary/aromatic N) is 2. The van der Waals surface area contributed by atoms with Crippen LogP contribution in [0.15, 0.2) is 45.1 Å². The minimum Gasteiger partial charge on any atom is -0.466 e. The van der Waals surface area contributed by atoms with E-state index in [-0.39, 0.29) is 28.2 Å². The van der Waals surface area contributed by atoms with Crippen molar-refractivity contribution in [2.75, 3.05) is 12.4 Å². The molecule has 1 aliphatic rings. The molecule has 0 aliphatic carbocycles. The van der Waals surface area contributed by atoms with E-state index >= 15 is 0 Å². The quantitative estimate of drug-likeness (QED) is 0.769. The number of benzene rings is 1. The fraction of sp³-hybridized carbons (Fsp3) is 0.316. The molecule has 0 amide bonds. The molecular weight excluding hydrogens is 391 g/mol. The first kappa shape index (κ1) is 20.4. The number of allylic oxidation sites excluding steroid dienone is 1. The maximum absolute atomic E-state index is 13.7. The normalized spacial score (nSPS) is 16.3. The summed E-state index contributed by atoms with van der Waals surface area (Å²) in [4.78, 5) is 37.8. The van der Waals surface area contributed by atoms with Crippen molar-refractivity contribution in [3.63, 3.8) is 0 Å². The second-order valence-corrected chi connectivity index (χ2v) is 6.64. The number of hydrogen-bond acceptors (Lipinski definition) is 5. The van der Waals surface area contributed by atoms with Crippen molar-refractivity contribution in [2.24, 2.45) is 14.1 Å². The molecule has 0 saturated heterocycles. The molecule has 29 heavy (non-hydrogen) atoms. The zero-order valence-electron chi connectivity index (χ0n) is 16.0. The lowest BCUT2D eigenvalue weighted by Crippen LogP contribution is -2.43. The molecule has 1 N–H and O–H groups in total. The summed E-state index contributed by atoms with van der Waals surface area (Å²) in [5.74, 6) is -2.22. The van der Waals surface area contributed by atoms with Gasteiger partial charge in [0, 0.05) is 19.8 Å². The first-order valence-corrected chi connectivity index (χ1v) is 8.52. The van der Waals surface area contributed by atoms with Gasteiger partial charge in [0.1, 0.15) is 5.82 Å². The Morgan fingerprint density at radius 2 is 1.76 bits per heavy atom. The Labute approximate surface area is 163 Å². The first-order valence-electron chi connectivity index (χ1n) is 8.52. The van der Waals surface area contributed by atoms with Gasteiger partial charge in [-0.2, -0.15) is 13.2 Å². The van der Waals surface area contributed by atoms with Gasteiger partial charge in [-0.15, -0.1) is 0 Å². The number of carbonyl (C=O) groups excluding carboxylic acids is 1. The number of methoxy groups -OCH3 is 1. The number of nitrogens with one attached hydrogen (secondary N) is 1. The van der Waals surface area contributed by atoms with Gasteiger partial charge in [-0.1, -0.05) is 18.2 Å². The second kappa shape index (κ2) is 6.94. The lowest BCUT2D eigenvalue weighted by Gasteiger charge is -2.31. The number of esters is 1. The van der Waals surface area contributed by atoms with E-state index in [2.05, 4.69) is 5.32 Å². The summed E-state index contributed by atoms with van der Waals surface area (Å²) >= 11 is 0. The Bertz CT molecular complexity index is 1160. The van der Waals surface area contributed by atoms with E-state index in [0.717, 1.165) is 22.3 Å². The van der Waals surface area contributed by atoms with Crippen LogP contribution < -0.4 is 16.6 Å². The molecule has 10 heteroatoms. The van der Waals surface area contributed by atoms with Crippen LogP contribution in [0.4, 0.5) is 19.0 Å². The standard InChI is InChI=1S/C19H18F3N3O4/c1-9-12(17(27)29-4)13(10-7-5-6-8-11(10)19(20,21)22)14-15(23-9)24(2)18(28)25(3)16(14)26/h5-8,13,23H,1-4H3/t13-/m1/s1. The van der Waals surface area contributed by atoms with Crippen LogP contribution in [0.5, 0.6) is 0 Å². The van der Waals surface area contributed by atoms with E-state index in [1.54, 1.807) is 0 Å². The highest BCUT2D eigenvalue weighted by Gasteiger charge is 2.42. The molecule has 7 nitrogen and oxygen atoms in total. The number of fused-ring (bicyclic) bond motifs is 1. The third-order valence-electron chi connectivity index (χ3n) is 4.97. The fourth-order valence-electron chi connectivity index (χ4n) is 3.59. The van der Waals surface area contributed by atoms with Crippen LogP contribution in [0.2, 0.25) is 0 Å². The molecule has 0 saturated carbocycles. The Morgan fingerprint density at radius 1 is 1.14 bits per heavy atom. The Morgan fingerprint density at radius 3 is 2.34 bits per heavy atom. The van der Waals surface area contributed by atoms with Crippen LogP contribution in [-0.2, 0) is 29.8 Å². The molecule has 1 aromatic carbocycles. The van der Waals surface area contributed by atoms with Gasteiger partial charge >= 0.3 is 17.8 Å². The van der Waals surface area contributed by atoms with Crippen LogP contribution in [0.25, 0.3) is 0 Å². The van der Waals surface area contributed by atoms with Gasteiger partial charge in [0.05, 0.1) is 29.7 Å². The summed E-state index contributed by atoms with van der Waals surface area (Å²) < 4.78 is 47.9. The summed E-state index contributed by atoms with van der Waals surface area (Å²) in [6.07, 6.45) is -4.72. The average Bonchev–Trinajstić information content (AvgIpc) is 2.68. The Hall–Kier alpha value is -3.30. The van der Waals surface area contributed by atoms with Crippen LogP contribution in [-0.4, -0.2) is 22.2 Å². The molecule has 0 radical (unpaired) electrons. The molecule has 0 fully saturated rings. The smallest absolute Gasteiger partial charge is 0.416 e. The minimum absolute atomic E-state index is 0.0326. The molecule has 2 heterocycles. The number of halogens is 3. The zero-order chi connectivity index (χ0) is 21.7. The number of rotatable bonds is 2. The lowest BCUT2D eigenvalue weighted by atomic mass is 9.80. The molecule has 0 unspecified atom stereocenters. The van der Waals surface area contributed by atoms with E-state index in [9.17, 15) is 27.6 Å². The SMILES string of the molecule is COC(=O)C1=C(C)Nc2c(c(=O)n(C)c(=O)n2C)[C@@H]1c1ccccc1C(F)(F)F. The molecular formula is C19H18F3N3O4. The van der Waals surface area contributed by atoms with Crippen LogP contribution in [0.1, 0.15) is 29.5 Å². The van der Waals surface area contributed by atoms with Gasteiger partial charge in [0.2, 0.25) is 0 Å². The number of aromatic nitrogens is 2. The molecule has 3 rings (SSSR count). The average molecular weight is 409 g/mol. The van der Waals surface area contributed by atoms with E-state index < -0.39 is 34.9 Å². The van der Waals surface area contributed by atoms with Gasteiger partial charge < -0.3 is 10.1 Å². The predicted octanol–water partition coefficient (Wildman–Crippen LogP) is 2.11. The monoisotopic (exact) mass is 409 g/mol. The van der Waals surface area contributed by atoms with Crippen molar-refractivity contribution in [3.05, 3.63) is 73.1 Å². The maximum atomic E-state index is 13.7. The first-order chi connectivity index (χ1) is 13.5. The number of ether oxygens (including phenoxy) is 1. The lowest BCUT2D eigenvalue weighted by molar-refractivity contribution is -0.139. The zero-order valence-corrected chi connectivity index (χ0v) is 16.0. The van der Waals surface area contributed by atoms with Crippen molar-refractivity contribution in [1.82, 2.24) is 9.13 Å². The minimum atomic E-state index is -4.72. The Kier molecular flexibility index (Phi) is 4.89. The largest absolute Gasteiger partial charge is 0.466 e. The highest BCUT2D eigenvalue weighted by Crippen LogP contribution is 2.44. The van der Waals surface area contributed by atoms with E-state index in [1.807, 2.05) is 0 Å². The summed E-state index contributed by atoms with van der Waals surface area (Å²) in [6, 6.07) is 4.71. The second-order valence-electron chi connectivity index (χ2n) is 6.64. The Balaban J connectivity index is 2.49. The summed E-state index contributed by atoms with van der Waals surface area (Å²) in [7, 11) is 3.71. The summed E-state index contributed by atoms with van der Waals surface area (Å²) in [5.41, 5.74) is -2.80. The van der Waals surface area contributed by atoms with Crippen molar-refractivity contribution < 1.29 is 22.7 Å². The van der Waals surface area contributed by atoms with E-state index in [4.69, 9.17) is 4.74 Å². The third-order valence-corrected chi connectivity index (χ3v) is 4.97. The number of carbonyl (C=O) groups is 1. The van der Waals surface area contributed by atoms with Gasteiger partial charge in [0.25, 0.3) is 5.56 Å². The topological polar surface area (TPSA) is 82.3 Å². The number of hydrogen-bond donors (Lipinski definition) is 1. The van der Waals surface area contributed by atoms with Crippen molar-refractivity contribution in [2.45, 2.75) is 19.0 Å². The van der Waals surface area contributed by atoms with E-state index in [0.29, 0.717) is 0 Å². The van der Waals surface area contributed by atoms with E-state index in [1.165, 1.54) is 39.2 Å². The highest BCUT2D eigenvalue weighted by atomic mass is 19.4. The molecule has 1 atom stereocenters. The molecule has 0 bridgehead atoms. The summed E-state index contributed by atoms with van der Waals surface area (Å²) in [5, 5.41) is 2.81. The third kappa shape index (κ3) is 3.14. The van der Waals surface area contributed by atoms with Crippen LogP contribution in [0, 0.1) is 0 Å². The van der Waals surface area contributed by atoms with Gasteiger partial charge in [-0.3, -0.25) is 13.9 Å². The van der Waals surface area contributed by atoms with Gasteiger partial charge in [-0.05, 0) is 18.6 Å². The molecule has 1 aliphatic heterocycles. The molecule has 2 aromatic rings.